The van der Waals surface area contributed by atoms with Gasteiger partial charge in [-0.15, -0.1) is 11.8 Å². The molecule has 0 spiro atoms. The molecule has 278 valence electrons. The molecule has 1 unspecified atom stereocenters. The van der Waals surface area contributed by atoms with Gasteiger partial charge in [0.2, 0.25) is 5.91 Å². The fourth-order valence-electron chi connectivity index (χ4n) is 5.15. The summed E-state index contributed by atoms with van der Waals surface area (Å²) in [6.45, 7) is 4.07. The van der Waals surface area contributed by atoms with Gasteiger partial charge >= 0.3 is 6.18 Å². The predicted octanol–water partition coefficient (Wildman–Crippen LogP) is 10.3. The van der Waals surface area contributed by atoms with Crippen molar-refractivity contribution in [2.45, 2.75) is 36.1 Å². The van der Waals surface area contributed by atoms with E-state index in [0.29, 0.717) is 16.0 Å². The fraction of sp³-hybridized carbons (Fsp3) is 0.125. The first kappa shape index (κ1) is 39.3. The quantitative estimate of drug-likeness (QED) is 0.0541. The molecule has 3 N–H and O–H groups in total. The zero-order valence-corrected chi connectivity index (χ0v) is 29.2. The van der Waals surface area contributed by atoms with E-state index in [1.165, 1.54) is 42.5 Å². The third-order valence-corrected chi connectivity index (χ3v) is 9.17. The zero-order valence-electron chi connectivity index (χ0n) is 28.4. The van der Waals surface area contributed by atoms with Crippen molar-refractivity contribution in [3.05, 3.63) is 166 Å². The molecule has 6 nitrogen and oxygen atoms in total. The maximum absolute atomic E-state index is 14.7. The van der Waals surface area contributed by atoms with Crippen LogP contribution in [0.3, 0.4) is 0 Å². The Labute approximate surface area is 309 Å². The number of anilines is 2. The van der Waals surface area contributed by atoms with E-state index in [1.54, 1.807) is 66.0 Å². The second-order valence-electron chi connectivity index (χ2n) is 12.1. The van der Waals surface area contributed by atoms with E-state index in [0.717, 1.165) is 17.3 Å². The molecule has 0 bridgehead atoms. The molecule has 3 amide bonds. The van der Waals surface area contributed by atoms with Crippen molar-refractivity contribution in [1.82, 2.24) is 5.32 Å². The molecule has 0 aliphatic heterocycles. The van der Waals surface area contributed by atoms with Crippen LogP contribution in [0.1, 0.15) is 57.6 Å². The third-order valence-electron chi connectivity index (χ3n) is 7.92. The van der Waals surface area contributed by atoms with Gasteiger partial charge in [-0.2, -0.15) is 13.2 Å². The largest absolute Gasteiger partial charge is 0.422 e. The number of nitrogens with one attached hydrogen (secondary N) is 3. The van der Waals surface area contributed by atoms with Gasteiger partial charge in [0.05, 0.1) is 0 Å². The maximum atomic E-state index is 14.7. The summed E-state index contributed by atoms with van der Waals surface area (Å²) in [5.41, 5.74) is -2.16. The summed E-state index contributed by atoms with van der Waals surface area (Å²) >= 11 is 0.800. The van der Waals surface area contributed by atoms with E-state index in [4.69, 9.17) is 0 Å². The number of carbonyl (C=O) groups excluding carboxylic acids is 3. The monoisotopic (exact) mass is 765 g/mol. The first-order valence-corrected chi connectivity index (χ1v) is 17.1. The summed E-state index contributed by atoms with van der Waals surface area (Å²) in [6.07, 6.45) is -4.26. The van der Waals surface area contributed by atoms with Gasteiger partial charge in [-0.3, -0.25) is 14.4 Å². The summed E-state index contributed by atoms with van der Waals surface area (Å²) in [5.74, 6) is -12.5. The van der Waals surface area contributed by atoms with E-state index in [2.05, 4.69) is 10.6 Å². The highest BCUT2D eigenvalue weighted by molar-refractivity contribution is 8.00. The molecule has 0 aliphatic carbocycles. The summed E-state index contributed by atoms with van der Waals surface area (Å²) in [6, 6.07) is 29.3. The average molecular weight is 766 g/mol. The van der Waals surface area contributed by atoms with E-state index in [1.807, 2.05) is 26.0 Å². The second-order valence-corrected chi connectivity index (χ2v) is 13.3. The molecule has 1 atom stereocenters. The van der Waals surface area contributed by atoms with E-state index >= 15 is 0 Å². The second kappa shape index (κ2) is 16.8. The number of carbonyl (C=O) groups is 3. The van der Waals surface area contributed by atoms with Gasteiger partial charge in [-0.05, 0) is 59.0 Å². The molecule has 0 aliphatic rings. The Hall–Kier alpha value is -5.89. The lowest BCUT2D eigenvalue weighted by Crippen LogP contribution is -2.30. The van der Waals surface area contributed by atoms with Crippen molar-refractivity contribution in [2.75, 3.05) is 10.6 Å². The molecule has 0 saturated carbocycles. The number of alkyl halides is 3. The Balaban J connectivity index is 1.42. The van der Waals surface area contributed by atoms with Gasteiger partial charge in [0.1, 0.15) is 22.2 Å². The molecule has 5 aromatic rings. The van der Waals surface area contributed by atoms with Crippen LogP contribution in [0.4, 0.5) is 42.1 Å². The maximum Gasteiger partial charge on any atom is 0.422 e. The van der Waals surface area contributed by atoms with E-state index < -0.39 is 63.7 Å². The highest BCUT2D eigenvalue weighted by Crippen LogP contribution is 2.41. The lowest BCUT2D eigenvalue weighted by atomic mass is 10.0. The molecule has 5 rings (SSSR count). The first-order valence-electron chi connectivity index (χ1n) is 16.2. The van der Waals surface area contributed by atoms with Crippen molar-refractivity contribution < 1.29 is 45.1 Å². The number of amides is 3. The van der Waals surface area contributed by atoms with Gasteiger partial charge < -0.3 is 16.0 Å². The van der Waals surface area contributed by atoms with Gasteiger partial charge in [0, 0.05) is 16.1 Å². The minimum Gasteiger partial charge on any atom is -0.321 e. The summed E-state index contributed by atoms with van der Waals surface area (Å²) in [5, 5.41) is 5.69. The highest BCUT2D eigenvalue weighted by atomic mass is 32.2. The minimum atomic E-state index is -5.76. The zero-order chi connectivity index (χ0) is 39.2. The Morgan fingerprint density at radius 1 is 0.685 bits per heavy atom. The summed E-state index contributed by atoms with van der Waals surface area (Å²) in [7, 11) is 0. The van der Waals surface area contributed by atoms with Crippen molar-refractivity contribution in [3.63, 3.8) is 0 Å². The minimum absolute atomic E-state index is 0.0965. The Morgan fingerprint density at radius 3 is 1.85 bits per heavy atom. The number of benzene rings is 5. The Kier molecular flexibility index (Phi) is 12.3. The predicted molar refractivity (Wildman–Crippen MR) is 192 cm³/mol. The molecule has 0 aromatic heterocycles. The number of hydrogen-bond donors (Lipinski definition) is 3. The fourth-order valence-corrected chi connectivity index (χ4v) is 6.23. The third kappa shape index (κ3) is 9.36. The Bertz CT molecular complexity index is 2170. The van der Waals surface area contributed by atoms with Crippen molar-refractivity contribution in [2.24, 2.45) is 0 Å². The molecular formula is C40H30F7N3O3S. The number of rotatable bonds is 11. The molecular weight excluding hydrogens is 736 g/mol. The normalized spacial score (nSPS) is 12.3. The van der Waals surface area contributed by atoms with Crippen LogP contribution in [-0.2, 0) is 15.8 Å². The molecule has 14 heteroatoms. The van der Waals surface area contributed by atoms with Crippen LogP contribution >= 0.6 is 11.8 Å². The van der Waals surface area contributed by atoms with Crippen LogP contribution < -0.4 is 16.0 Å². The SMILES string of the molecule is CC(C)c1ccc(/C=C(/NC(=O)c2ccccc2)C(=O)Nc2cccc(SC(C(=O)Nc3c(F)c(F)c(C(F)(F)F)c(F)c3F)c3ccccc3)c2)cc1. The van der Waals surface area contributed by atoms with Crippen LogP contribution in [0, 0.1) is 23.3 Å². The standard InChI is InChI=1S/C40H30F7N3O3S/c1-22(2)24-18-16-23(17-19-24)20-29(49-37(51)26-12-7-4-8-13-26)38(52)48-27-14-9-15-28(21-27)54-36(25-10-5-3-6-11-25)39(53)50-35-33(43)31(41)30(40(45,46)47)32(42)34(35)44/h3-22,36H,1-2H3,(H,48,52)(H,49,51)(H,50,53)/b29-20+. The van der Waals surface area contributed by atoms with Crippen molar-refractivity contribution in [1.29, 1.82) is 0 Å². The molecule has 5 aromatic carbocycles. The smallest absolute Gasteiger partial charge is 0.321 e. The molecule has 0 heterocycles. The first-order chi connectivity index (χ1) is 25.6. The van der Waals surface area contributed by atoms with Crippen molar-refractivity contribution in [3.8, 4) is 0 Å². The van der Waals surface area contributed by atoms with Crippen LogP contribution in [-0.4, -0.2) is 17.7 Å². The van der Waals surface area contributed by atoms with Gasteiger partial charge in [0.25, 0.3) is 11.8 Å². The van der Waals surface area contributed by atoms with Crippen LogP contribution in [0.2, 0.25) is 0 Å². The topological polar surface area (TPSA) is 87.3 Å². The highest BCUT2D eigenvalue weighted by Gasteiger charge is 2.43. The lowest BCUT2D eigenvalue weighted by molar-refractivity contribution is -0.143. The van der Waals surface area contributed by atoms with Crippen molar-refractivity contribution >= 4 is 46.9 Å². The van der Waals surface area contributed by atoms with Crippen LogP contribution in [0.15, 0.2) is 120 Å². The van der Waals surface area contributed by atoms with Gasteiger partial charge in [0.15, 0.2) is 23.3 Å². The molecule has 0 fully saturated rings. The summed E-state index contributed by atoms with van der Waals surface area (Å²) < 4.78 is 97.5. The van der Waals surface area contributed by atoms with Crippen LogP contribution in [0.5, 0.6) is 0 Å². The molecule has 0 saturated heterocycles. The van der Waals surface area contributed by atoms with E-state index in [-0.39, 0.29) is 22.9 Å². The number of thioether (sulfide) groups is 1. The number of hydrogen-bond acceptors (Lipinski definition) is 4. The van der Waals surface area contributed by atoms with Gasteiger partial charge in [-0.25, -0.2) is 17.6 Å². The van der Waals surface area contributed by atoms with Crippen LogP contribution in [0.25, 0.3) is 6.08 Å². The van der Waals surface area contributed by atoms with E-state index in [9.17, 15) is 45.1 Å². The number of halogens is 7. The Morgan fingerprint density at radius 2 is 1.28 bits per heavy atom. The lowest BCUT2D eigenvalue weighted by Gasteiger charge is -2.19. The summed E-state index contributed by atoms with van der Waals surface area (Å²) in [4.78, 5) is 40.5. The average Bonchev–Trinajstić information content (AvgIpc) is 3.15. The molecule has 54 heavy (non-hydrogen) atoms. The molecule has 0 radical (unpaired) electrons. The van der Waals surface area contributed by atoms with Gasteiger partial charge in [-0.1, -0.05) is 92.7 Å².